The largest absolute Gasteiger partial charge is 0.326 e. The van der Waals surface area contributed by atoms with Gasteiger partial charge in [0.15, 0.2) is 0 Å². The summed E-state index contributed by atoms with van der Waals surface area (Å²) < 4.78 is 0. The minimum atomic E-state index is -0.0201. The molecule has 6 heteroatoms. The molecule has 1 unspecified atom stereocenters. The Bertz CT molecular complexity index is 802. The number of nitrogens with zero attached hydrogens (tertiary/aromatic N) is 2. The van der Waals surface area contributed by atoms with Crippen LogP contribution in [0.3, 0.4) is 0 Å². The molecule has 2 N–H and O–H groups in total. The molecule has 1 atom stereocenters. The zero-order chi connectivity index (χ0) is 17.2. The van der Waals surface area contributed by atoms with E-state index in [9.17, 15) is 4.79 Å². The van der Waals surface area contributed by atoms with Gasteiger partial charge in [0.2, 0.25) is 5.95 Å². The molecule has 0 aliphatic carbocycles. The van der Waals surface area contributed by atoms with Crippen molar-refractivity contribution in [3.63, 3.8) is 0 Å². The predicted molar refractivity (Wildman–Crippen MR) is 103 cm³/mol. The highest BCUT2D eigenvalue weighted by molar-refractivity contribution is 7.98. The fourth-order valence-electron chi connectivity index (χ4n) is 3.64. The van der Waals surface area contributed by atoms with E-state index >= 15 is 0 Å². The predicted octanol–water partition coefficient (Wildman–Crippen LogP) is 3.49. The maximum atomic E-state index is 12.1. The van der Waals surface area contributed by atoms with Gasteiger partial charge in [-0.3, -0.25) is 14.7 Å². The van der Waals surface area contributed by atoms with Crippen LogP contribution in [0.1, 0.15) is 36.6 Å². The van der Waals surface area contributed by atoms with Gasteiger partial charge in [-0.25, -0.2) is 4.98 Å². The molecule has 25 heavy (non-hydrogen) atoms. The van der Waals surface area contributed by atoms with Gasteiger partial charge in [0.05, 0.1) is 5.69 Å². The van der Waals surface area contributed by atoms with E-state index in [0.717, 1.165) is 40.9 Å². The Hall–Kier alpha value is -1.79. The van der Waals surface area contributed by atoms with E-state index in [1.807, 2.05) is 0 Å². The molecule has 4 rings (SSSR count). The minimum absolute atomic E-state index is 0.0201. The van der Waals surface area contributed by atoms with E-state index in [1.165, 1.54) is 31.5 Å². The molecule has 1 fully saturated rings. The number of fused-ring (bicyclic) bond motifs is 1. The molecular weight excluding hydrogens is 332 g/mol. The zero-order valence-corrected chi connectivity index (χ0v) is 15.4. The first kappa shape index (κ1) is 16.7. The van der Waals surface area contributed by atoms with Gasteiger partial charge in [0.1, 0.15) is 0 Å². The normalized spacial score (nSPS) is 20.4. The first-order valence-corrected chi connectivity index (χ1v) is 10.1. The third-order valence-electron chi connectivity index (χ3n) is 4.95. The van der Waals surface area contributed by atoms with Crippen LogP contribution in [0.5, 0.6) is 0 Å². The lowest BCUT2D eigenvalue weighted by atomic mass is 10.00. The number of H-pyrrole nitrogens is 1. The average molecular weight is 356 g/mol. The van der Waals surface area contributed by atoms with Crippen LogP contribution in [0.25, 0.3) is 0 Å². The van der Waals surface area contributed by atoms with Crippen molar-refractivity contribution >= 4 is 23.4 Å². The highest BCUT2D eigenvalue weighted by Crippen LogP contribution is 2.26. The van der Waals surface area contributed by atoms with Crippen molar-refractivity contribution < 1.29 is 0 Å². The molecule has 1 aromatic carbocycles. The van der Waals surface area contributed by atoms with Gasteiger partial charge in [-0.15, -0.1) is 0 Å². The molecule has 1 aromatic heterocycles. The van der Waals surface area contributed by atoms with Crippen LogP contribution in [-0.4, -0.2) is 28.0 Å². The quantitative estimate of drug-likeness (QED) is 0.878. The van der Waals surface area contributed by atoms with Crippen molar-refractivity contribution in [1.29, 1.82) is 0 Å². The SMILES string of the molecule is CC1CCCN(Cc2ccc(Nc3nc4c(c(=O)[nH]3)CSC4)cc2)C1. The van der Waals surface area contributed by atoms with Crippen LogP contribution >= 0.6 is 11.8 Å². The Morgan fingerprint density at radius 2 is 2.16 bits per heavy atom. The van der Waals surface area contributed by atoms with E-state index < -0.39 is 0 Å². The summed E-state index contributed by atoms with van der Waals surface area (Å²) in [5.41, 5.74) is 3.98. The molecule has 2 aromatic rings. The number of piperidine rings is 1. The summed E-state index contributed by atoms with van der Waals surface area (Å²) in [4.78, 5) is 22.0. The van der Waals surface area contributed by atoms with Gasteiger partial charge >= 0.3 is 0 Å². The molecule has 0 bridgehead atoms. The summed E-state index contributed by atoms with van der Waals surface area (Å²) in [6.45, 7) is 5.73. The van der Waals surface area contributed by atoms with Gasteiger partial charge in [0, 0.05) is 35.8 Å². The Balaban J connectivity index is 1.42. The van der Waals surface area contributed by atoms with E-state index in [2.05, 4.69) is 51.4 Å². The molecule has 0 amide bonds. The number of thioether (sulfide) groups is 1. The van der Waals surface area contributed by atoms with Gasteiger partial charge in [0.25, 0.3) is 5.56 Å². The number of benzene rings is 1. The molecule has 0 radical (unpaired) electrons. The highest BCUT2D eigenvalue weighted by Gasteiger charge is 2.18. The van der Waals surface area contributed by atoms with Crippen LogP contribution in [-0.2, 0) is 18.1 Å². The topological polar surface area (TPSA) is 61.0 Å². The molecule has 5 nitrogen and oxygen atoms in total. The number of hydrogen-bond donors (Lipinski definition) is 2. The van der Waals surface area contributed by atoms with Crippen molar-refractivity contribution in [2.75, 3.05) is 18.4 Å². The number of likely N-dealkylation sites (tertiary alicyclic amines) is 1. The van der Waals surface area contributed by atoms with Gasteiger partial charge < -0.3 is 5.32 Å². The molecule has 132 valence electrons. The van der Waals surface area contributed by atoms with Gasteiger partial charge in [-0.2, -0.15) is 11.8 Å². The van der Waals surface area contributed by atoms with Crippen LogP contribution in [0, 0.1) is 5.92 Å². The van der Waals surface area contributed by atoms with Crippen molar-refractivity contribution in [2.45, 2.75) is 37.8 Å². The Labute approximate surface area is 152 Å². The smallest absolute Gasteiger partial charge is 0.256 e. The van der Waals surface area contributed by atoms with Gasteiger partial charge in [-0.1, -0.05) is 19.1 Å². The Morgan fingerprint density at radius 1 is 1.32 bits per heavy atom. The number of nitrogens with one attached hydrogen (secondary N) is 2. The Morgan fingerprint density at radius 3 is 2.96 bits per heavy atom. The van der Waals surface area contributed by atoms with E-state index in [-0.39, 0.29) is 5.56 Å². The summed E-state index contributed by atoms with van der Waals surface area (Å²) in [5.74, 6) is 2.92. The second kappa shape index (κ2) is 7.22. The average Bonchev–Trinajstić information content (AvgIpc) is 3.06. The summed E-state index contributed by atoms with van der Waals surface area (Å²) >= 11 is 1.74. The van der Waals surface area contributed by atoms with Crippen molar-refractivity contribution in [3.05, 3.63) is 51.4 Å². The second-order valence-corrected chi connectivity index (χ2v) is 8.12. The second-order valence-electron chi connectivity index (χ2n) is 7.14. The third kappa shape index (κ3) is 3.90. The van der Waals surface area contributed by atoms with Gasteiger partial charge in [-0.05, 0) is 43.0 Å². The fraction of sp³-hybridized carbons (Fsp3) is 0.474. The van der Waals surface area contributed by atoms with Crippen molar-refractivity contribution in [1.82, 2.24) is 14.9 Å². The number of hydrogen-bond acceptors (Lipinski definition) is 5. The van der Waals surface area contributed by atoms with Crippen molar-refractivity contribution in [3.8, 4) is 0 Å². The van der Waals surface area contributed by atoms with Crippen molar-refractivity contribution in [2.24, 2.45) is 5.92 Å². The summed E-state index contributed by atoms with van der Waals surface area (Å²) in [6, 6.07) is 8.43. The molecule has 2 aliphatic heterocycles. The minimum Gasteiger partial charge on any atom is -0.326 e. The maximum Gasteiger partial charge on any atom is 0.256 e. The monoisotopic (exact) mass is 356 g/mol. The van der Waals surface area contributed by atoms with Crippen LogP contribution < -0.4 is 10.9 Å². The standard InChI is InChI=1S/C19H24N4OS/c1-13-3-2-8-23(9-13)10-14-4-6-15(7-5-14)20-19-21-17-12-25-11-16(17)18(24)22-19/h4-7,13H,2-3,8-12H2,1H3,(H2,20,21,22,24). The third-order valence-corrected chi connectivity index (χ3v) is 5.92. The molecule has 1 saturated heterocycles. The lowest BCUT2D eigenvalue weighted by Gasteiger charge is -2.30. The molecular formula is C19H24N4OS. The summed E-state index contributed by atoms with van der Waals surface area (Å²) in [5, 5.41) is 3.22. The van der Waals surface area contributed by atoms with E-state index in [4.69, 9.17) is 0 Å². The number of anilines is 2. The number of aromatic amines is 1. The van der Waals surface area contributed by atoms with Crippen LogP contribution in [0.15, 0.2) is 29.1 Å². The summed E-state index contributed by atoms with van der Waals surface area (Å²) in [7, 11) is 0. The van der Waals surface area contributed by atoms with E-state index in [0.29, 0.717) is 5.95 Å². The lowest BCUT2D eigenvalue weighted by Crippen LogP contribution is -2.33. The molecule has 3 heterocycles. The molecule has 0 saturated carbocycles. The fourth-order valence-corrected chi connectivity index (χ4v) is 4.68. The molecule has 2 aliphatic rings. The first-order chi connectivity index (χ1) is 12.2. The number of aromatic nitrogens is 2. The first-order valence-electron chi connectivity index (χ1n) is 8.95. The number of rotatable bonds is 4. The Kier molecular flexibility index (Phi) is 4.81. The maximum absolute atomic E-state index is 12.1. The van der Waals surface area contributed by atoms with Crippen LogP contribution in [0.4, 0.5) is 11.6 Å². The zero-order valence-electron chi connectivity index (χ0n) is 14.5. The summed E-state index contributed by atoms with van der Waals surface area (Å²) in [6.07, 6.45) is 2.65. The van der Waals surface area contributed by atoms with E-state index in [1.54, 1.807) is 11.8 Å². The molecule has 0 spiro atoms. The highest BCUT2D eigenvalue weighted by atomic mass is 32.2. The lowest BCUT2D eigenvalue weighted by molar-refractivity contribution is 0.176. The van der Waals surface area contributed by atoms with Crippen LogP contribution in [0.2, 0.25) is 0 Å².